The van der Waals surface area contributed by atoms with Gasteiger partial charge >= 0.3 is 0 Å². The highest BCUT2D eigenvalue weighted by Gasteiger charge is 2.19. The second-order valence-electron chi connectivity index (χ2n) is 4.31. The Labute approximate surface area is 103 Å². The van der Waals surface area contributed by atoms with Gasteiger partial charge in [-0.15, -0.1) is 0 Å². The molecule has 0 saturated heterocycles. The highest BCUT2D eigenvalue weighted by molar-refractivity contribution is 5.11. The molecule has 1 aromatic heterocycles. The molecule has 17 heavy (non-hydrogen) atoms. The summed E-state index contributed by atoms with van der Waals surface area (Å²) in [5.74, 6) is 0. The van der Waals surface area contributed by atoms with Gasteiger partial charge in [-0.3, -0.25) is 9.58 Å². The summed E-state index contributed by atoms with van der Waals surface area (Å²) in [7, 11) is 1.90. The minimum atomic E-state index is 0.155. The summed E-state index contributed by atoms with van der Waals surface area (Å²) in [5.41, 5.74) is 6.98. The molecule has 5 nitrogen and oxygen atoms in total. The Bertz CT molecular complexity index is 313. The lowest BCUT2D eigenvalue weighted by Gasteiger charge is -2.29. The SMILES string of the molecule is CCCCN(CCO)C(CN)c1cnn(C)c1. The molecule has 0 aromatic carbocycles. The van der Waals surface area contributed by atoms with Crippen molar-refractivity contribution in [2.45, 2.75) is 25.8 Å². The van der Waals surface area contributed by atoms with Crippen LogP contribution in [-0.4, -0.2) is 46.0 Å². The lowest BCUT2D eigenvalue weighted by molar-refractivity contribution is 0.151. The van der Waals surface area contributed by atoms with Crippen molar-refractivity contribution in [1.82, 2.24) is 14.7 Å². The molecular weight excluding hydrogens is 216 g/mol. The molecule has 0 aliphatic heterocycles. The van der Waals surface area contributed by atoms with E-state index in [0.717, 1.165) is 24.9 Å². The second-order valence-corrected chi connectivity index (χ2v) is 4.31. The maximum absolute atomic E-state index is 9.13. The Balaban J connectivity index is 2.73. The zero-order chi connectivity index (χ0) is 12.7. The molecular formula is C12H24N4O. The van der Waals surface area contributed by atoms with Crippen LogP contribution in [0.1, 0.15) is 31.4 Å². The highest BCUT2D eigenvalue weighted by Crippen LogP contribution is 2.19. The largest absolute Gasteiger partial charge is 0.395 e. The monoisotopic (exact) mass is 240 g/mol. The quantitative estimate of drug-likeness (QED) is 0.695. The first-order valence-corrected chi connectivity index (χ1v) is 6.26. The molecule has 0 aliphatic rings. The van der Waals surface area contributed by atoms with Crippen LogP contribution in [0.4, 0.5) is 0 Å². The van der Waals surface area contributed by atoms with Crippen LogP contribution in [-0.2, 0) is 7.05 Å². The van der Waals surface area contributed by atoms with Gasteiger partial charge in [0.15, 0.2) is 0 Å². The van der Waals surface area contributed by atoms with Gasteiger partial charge in [-0.05, 0) is 13.0 Å². The molecule has 1 unspecified atom stereocenters. The first kappa shape index (κ1) is 14.2. The van der Waals surface area contributed by atoms with E-state index < -0.39 is 0 Å². The third-order valence-electron chi connectivity index (χ3n) is 2.96. The van der Waals surface area contributed by atoms with E-state index in [1.807, 2.05) is 19.4 Å². The zero-order valence-corrected chi connectivity index (χ0v) is 10.8. The van der Waals surface area contributed by atoms with Gasteiger partial charge in [0.2, 0.25) is 0 Å². The van der Waals surface area contributed by atoms with E-state index in [4.69, 9.17) is 10.8 Å². The summed E-state index contributed by atoms with van der Waals surface area (Å²) in [4.78, 5) is 2.24. The Morgan fingerprint density at radius 2 is 2.29 bits per heavy atom. The van der Waals surface area contributed by atoms with Crippen molar-refractivity contribution in [3.8, 4) is 0 Å². The number of unbranched alkanes of at least 4 members (excludes halogenated alkanes) is 1. The molecule has 1 aromatic rings. The summed E-state index contributed by atoms with van der Waals surface area (Å²) in [5, 5.41) is 13.3. The van der Waals surface area contributed by atoms with Gasteiger partial charge < -0.3 is 10.8 Å². The third kappa shape index (κ3) is 4.11. The van der Waals surface area contributed by atoms with Crippen molar-refractivity contribution in [2.75, 3.05) is 26.2 Å². The van der Waals surface area contributed by atoms with Crippen LogP contribution in [0.5, 0.6) is 0 Å². The Kier molecular flexibility index (Phi) is 6.18. The number of hydrogen-bond acceptors (Lipinski definition) is 4. The number of aliphatic hydroxyl groups is 1. The molecule has 0 bridgehead atoms. The Hall–Kier alpha value is -0.910. The fourth-order valence-corrected chi connectivity index (χ4v) is 2.02. The standard InChI is InChI=1S/C12H24N4O/c1-3-4-5-16(6-7-17)12(8-13)11-9-14-15(2)10-11/h9-10,12,17H,3-8,13H2,1-2H3. The van der Waals surface area contributed by atoms with Gasteiger partial charge in [0, 0.05) is 31.9 Å². The lowest BCUT2D eigenvalue weighted by atomic mass is 10.1. The van der Waals surface area contributed by atoms with Gasteiger partial charge in [0.05, 0.1) is 18.8 Å². The summed E-state index contributed by atoms with van der Waals surface area (Å²) >= 11 is 0. The number of aliphatic hydroxyl groups excluding tert-OH is 1. The molecule has 0 spiro atoms. The van der Waals surface area contributed by atoms with E-state index in [1.165, 1.54) is 0 Å². The van der Waals surface area contributed by atoms with Crippen LogP contribution in [0, 0.1) is 0 Å². The average molecular weight is 240 g/mol. The number of hydrogen-bond donors (Lipinski definition) is 2. The van der Waals surface area contributed by atoms with Crippen LogP contribution >= 0.6 is 0 Å². The topological polar surface area (TPSA) is 67.3 Å². The van der Waals surface area contributed by atoms with Crippen molar-refractivity contribution in [3.05, 3.63) is 18.0 Å². The molecule has 5 heteroatoms. The van der Waals surface area contributed by atoms with Crippen molar-refractivity contribution >= 4 is 0 Å². The maximum Gasteiger partial charge on any atom is 0.0558 e. The summed E-state index contributed by atoms with van der Waals surface area (Å²) in [6, 6.07) is 0.155. The molecule has 1 rings (SSSR count). The van der Waals surface area contributed by atoms with Gasteiger partial charge in [-0.1, -0.05) is 13.3 Å². The highest BCUT2D eigenvalue weighted by atomic mass is 16.3. The first-order valence-electron chi connectivity index (χ1n) is 6.26. The number of rotatable bonds is 8. The Morgan fingerprint density at radius 1 is 1.53 bits per heavy atom. The van der Waals surface area contributed by atoms with Gasteiger partial charge in [0.25, 0.3) is 0 Å². The fourth-order valence-electron chi connectivity index (χ4n) is 2.02. The molecule has 1 heterocycles. The normalized spacial score (nSPS) is 13.2. The number of aryl methyl sites for hydroxylation is 1. The van der Waals surface area contributed by atoms with Gasteiger partial charge in [-0.2, -0.15) is 5.10 Å². The van der Waals surface area contributed by atoms with Crippen LogP contribution in [0.2, 0.25) is 0 Å². The van der Waals surface area contributed by atoms with Crippen LogP contribution in [0.3, 0.4) is 0 Å². The van der Waals surface area contributed by atoms with E-state index in [2.05, 4.69) is 16.9 Å². The van der Waals surface area contributed by atoms with Crippen molar-refractivity contribution in [3.63, 3.8) is 0 Å². The summed E-state index contributed by atoms with van der Waals surface area (Å²) in [6.45, 7) is 4.51. The smallest absolute Gasteiger partial charge is 0.0558 e. The maximum atomic E-state index is 9.13. The van der Waals surface area contributed by atoms with Crippen molar-refractivity contribution < 1.29 is 5.11 Å². The molecule has 1 atom stereocenters. The van der Waals surface area contributed by atoms with E-state index in [0.29, 0.717) is 13.1 Å². The van der Waals surface area contributed by atoms with E-state index in [9.17, 15) is 0 Å². The first-order chi connectivity index (χ1) is 8.22. The molecule has 0 radical (unpaired) electrons. The second kappa shape index (κ2) is 7.42. The third-order valence-corrected chi connectivity index (χ3v) is 2.96. The number of nitrogens with two attached hydrogens (primary N) is 1. The Morgan fingerprint density at radius 3 is 2.76 bits per heavy atom. The molecule has 3 N–H and O–H groups in total. The summed E-state index contributed by atoms with van der Waals surface area (Å²) in [6.07, 6.45) is 6.12. The van der Waals surface area contributed by atoms with Gasteiger partial charge in [0.1, 0.15) is 0 Å². The molecule has 98 valence electrons. The average Bonchev–Trinajstić information content (AvgIpc) is 2.73. The molecule has 0 aliphatic carbocycles. The molecule has 0 amide bonds. The predicted molar refractivity (Wildman–Crippen MR) is 68.6 cm³/mol. The minimum Gasteiger partial charge on any atom is -0.395 e. The minimum absolute atomic E-state index is 0.155. The van der Waals surface area contributed by atoms with Crippen molar-refractivity contribution in [2.24, 2.45) is 12.8 Å². The fraction of sp³-hybridized carbons (Fsp3) is 0.750. The van der Waals surface area contributed by atoms with Crippen LogP contribution in [0.25, 0.3) is 0 Å². The van der Waals surface area contributed by atoms with Crippen molar-refractivity contribution in [1.29, 1.82) is 0 Å². The lowest BCUT2D eigenvalue weighted by Crippen LogP contribution is -2.36. The zero-order valence-electron chi connectivity index (χ0n) is 10.8. The van der Waals surface area contributed by atoms with E-state index in [1.54, 1.807) is 4.68 Å². The van der Waals surface area contributed by atoms with E-state index >= 15 is 0 Å². The predicted octanol–water partition coefficient (Wildman–Crippen LogP) is 0.514. The van der Waals surface area contributed by atoms with E-state index in [-0.39, 0.29) is 12.6 Å². The van der Waals surface area contributed by atoms with Crippen LogP contribution in [0.15, 0.2) is 12.4 Å². The summed E-state index contributed by atoms with van der Waals surface area (Å²) < 4.78 is 1.79. The molecule has 0 saturated carbocycles. The number of aromatic nitrogens is 2. The van der Waals surface area contributed by atoms with Crippen LogP contribution < -0.4 is 5.73 Å². The molecule has 0 fully saturated rings. The van der Waals surface area contributed by atoms with Gasteiger partial charge in [-0.25, -0.2) is 0 Å². The number of nitrogens with zero attached hydrogens (tertiary/aromatic N) is 3.